The Balaban J connectivity index is 2.73. The molecule has 94 valence electrons. The minimum absolute atomic E-state index is 0.160. The maximum Gasteiger partial charge on any atom is 0.161 e. The van der Waals surface area contributed by atoms with Crippen LogP contribution in [0.3, 0.4) is 0 Å². The van der Waals surface area contributed by atoms with Gasteiger partial charge in [0.05, 0.1) is 5.56 Å². The maximum atomic E-state index is 13.3. The van der Waals surface area contributed by atoms with E-state index in [-0.39, 0.29) is 6.07 Å². The molecule has 0 aliphatic rings. The highest BCUT2D eigenvalue weighted by Gasteiger charge is 2.19. The summed E-state index contributed by atoms with van der Waals surface area (Å²) in [7, 11) is 0. The molecule has 0 aromatic heterocycles. The molecule has 0 nitrogen and oxygen atoms in total. The van der Waals surface area contributed by atoms with Crippen LogP contribution in [0.4, 0.5) is 26.3 Å². The Morgan fingerprint density at radius 2 is 1.00 bits per heavy atom. The van der Waals surface area contributed by atoms with Gasteiger partial charge in [-0.05, 0) is 6.07 Å². The third-order valence-corrected chi connectivity index (χ3v) is 2.29. The molecule has 0 aliphatic heterocycles. The summed E-state index contributed by atoms with van der Waals surface area (Å²) >= 11 is 0. The highest BCUT2D eigenvalue weighted by molar-refractivity contribution is 5.65. The zero-order valence-corrected chi connectivity index (χ0v) is 8.58. The van der Waals surface area contributed by atoms with E-state index in [1.54, 1.807) is 0 Å². The molecular weight excluding hydrogens is 258 g/mol. The van der Waals surface area contributed by atoms with Gasteiger partial charge in [-0.25, -0.2) is 26.3 Å². The molecule has 0 fully saturated rings. The van der Waals surface area contributed by atoms with Crippen molar-refractivity contribution in [3.8, 4) is 11.1 Å². The topological polar surface area (TPSA) is 0 Å². The zero-order valence-electron chi connectivity index (χ0n) is 8.58. The molecule has 0 N–H and O–H groups in total. The van der Waals surface area contributed by atoms with Gasteiger partial charge in [-0.1, -0.05) is 0 Å². The van der Waals surface area contributed by atoms with Crippen LogP contribution >= 0.6 is 0 Å². The molecule has 0 amide bonds. The van der Waals surface area contributed by atoms with Crippen LogP contribution in [0.5, 0.6) is 0 Å². The van der Waals surface area contributed by atoms with E-state index in [1.165, 1.54) is 0 Å². The fourth-order valence-electron chi connectivity index (χ4n) is 1.51. The van der Waals surface area contributed by atoms with Crippen LogP contribution in [0.1, 0.15) is 0 Å². The van der Waals surface area contributed by atoms with Crippen molar-refractivity contribution >= 4 is 0 Å². The van der Waals surface area contributed by atoms with E-state index in [0.29, 0.717) is 18.2 Å². The second-order valence-electron chi connectivity index (χ2n) is 3.49. The van der Waals surface area contributed by atoms with Gasteiger partial charge in [-0.3, -0.25) is 0 Å². The van der Waals surface area contributed by atoms with Crippen molar-refractivity contribution in [2.24, 2.45) is 0 Å². The lowest BCUT2D eigenvalue weighted by Gasteiger charge is -2.07. The lowest BCUT2D eigenvalue weighted by atomic mass is 10.0. The summed E-state index contributed by atoms with van der Waals surface area (Å²) in [5.41, 5.74) is -1.77. The highest BCUT2D eigenvalue weighted by Crippen LogP contribution is 2.30. The average molecular weight is 262 g/mol. The Labute approximate surface area is 97.5 Å². The molecule has 0 heterocycles. The van der Waals surface area contributed by atoms with E-state index in [2.05, 4.69) is 0 Å². The molecule has 0 saturated heterocycles. The number of rotatable bonds is 1. The van der Waals surface area contributed by atoms with Crippen LogP contribution in [-0.4, -0.2) is 0 Å². The quantitative estimate of drug-likeness (QED) is 0.534. The Hall–Kier alpha value is -1.98. The molecule has 0 radical (unpaired) electrons. The Bertz CT molecular complexity index is 597. The number of hydrogen-bond donors (Lipinski definition) is 0. The van der Waals surface area contributed by atoms with Crippen LogP contribution in [0.15, 0.2) is 24.3 Å². The first-order chi connectivity index (χ1) is 8.40. The largest absolute Gasteiger partial charge is 0.207 e. The summed E-state index contributed by atoms with van der Waals surface area (Å²) in [6.45, 7) is 0. The van der Waals surface area contributed by atoms with E-state index in [1.807, 2.05) is 0 Å². The van der Waals surface area contributed by atoms with Gasteiger partial charge in [0, 0.05) is 23.8 Å². The number of hydrogen-bond acceptors (Lipinski definition) is 0. The number of halogens is 6. The minimum Gasteiger partial charge on any atom is -0.207 e. The Morgan fingerprint density at radius 3 is 1.56 bits per heavy atom. The van der Waals surface area contributed by atoms with Crippen molar-refractivity contribution in [2.75, 3.05) is 0 Å². The van der Waals surface area contributed by atoms with Gasteiger partial charge in [-0.2, -0.15) is 0 Å². The smallest absolute Gasteiger partial charge is 0.161 e. The molecule has 2 rings (SSSR count). The van der Waals surface area contributed by atoms with E-state index in [0.717, 1.165) is 0 Å². The summed E-state index contributed by atoms with van der Waals surface area (Å²) in [5.74, 6) is -8.31. The normalized spacial score (nSPS) is 10.8. The van der Waals surface area contributed by atoms with E-state index < -0.39 is 46.0 Å². The summed E-state index contributed by atoms with van der Waals surface area (Å²) in [6, 6.07) is 1.11. The third-order valence-electron chi connectivity index (χ3n) is 2.29. The molecule has 0 saturated carbocycles. The molecule has 0 unspecified atom stereocenters. The molecule has 0 spiro atoms. The third kappa shape index (κ3) is 2.05. The summed E-state index contributed by atoms with van der Waals surface area (Å²) < 4.78 is 78.3. The standard InChI is InChI=1S/C12H4F6/c13-5-1-10(17)12(11(18)2-5)6-3-8(15)9(16)4-7(6)14/h1-4H. The summed E-state index contributed by atoms with van der Waals surface area (Å²) in [5, 5.41) is 0. The molecule has 18 heavy (non-hydrogen) atoms. The lowest BCUT2D eigenvalue weighted by Crippen LogP contribution is -1.97. The van der Waals surface area contributed by atoms with Gasteiger partial charge in [0.15, 0.2) is 11.6 Å². The van der Waals surface area contributed by atoms with Crippen LogP contribution in [-0.2, 0) is 0 Å². The van der Waals surface area contributed by atoms with Gasteiger partial charge in [0.1, 0.15) is 23.3 Å². The van der Waals surface area contributed by atoms with Crippen LogP contribution in [0.2, 0.25) is 0 Å². The van der Waals surface area contributed by atoms with E-state index in [9.17, 15) is 26.3 Å². The van der Waals surface area contributed by atoms with Crippen molar-refractivity contribution in [2.45, 2.75) is 0 Å². The molecule has 6 heteroatoms. The lowest BCUT2D eigenvalue weighted by molar-refractivity contribution is 0.494. The first-order valence-corrected chi connectivity index (χ1v) is 4.69. The van der Waals surface area contributed by atoms with Crippen molar-refractivity contribution in [3.63, 3.8) is 0 Å². The monoisotopic (exact) mass is 262 g/mol. The number of benzene rings is 2. The molecule has 2 aromatic rings. The van der Waals surface area contributed by atoms with Gasteiger partial charge < -0.3 is 0 Å². The maximum absolute atomic E-state index is 13.3. The van der Waals surface area contributed by atoms with Gasteiger partial charge in [-0.15, -0.1) is 0 Å². The van der Waals surface area contributed by atoms with E-state index in [4.69, 9.17) is 0 Å². The predicted molar refractivity (Wildman–Crippen MR) is 51.6 cm³/mol. The van der Waals surface area contributed by atoms with Crippen LogP contribution in [0.25, 0.3) is 11.1 Å². The fraction of sp³-hybridized carbons (Fsp3) is 0. The molecule has 0 atom stereocenters. The van der Waals surface area contributed by atoms with Crippen LogP contribution < -0.4 is 0 Å². The molecular formula is C12H4F6. The zero-order chi connectivity index (χ0) is 13.4. The van der Waals surface area contributed by atoms with Crippen LogP contribution in [0, 0.1) is 34.9 Å². The van der Waals surface area contributed by atoms with Crippen molar-refractivity contribution in [3.05, 3.63) is 59.2 Å². The van der Waals surface area contributed by atoms with Gasteiger partial charge in [0.2, 0.25) is 0 Å². The predicted octanol–water partition coefficient (Wildman–Crippen LogP) is 4.19. The highest BCUT2D eigenvalue weighted by atomic mass is 19.2. The minimum atomic E-state index is -1.49. The van der Waals surface area contributed by atoms with Crippen molar-refractivity contribution in [1.82, 2.24) is 0 Å². The van der Waals surface area contributed by atoms with Crippen molar-refractivity contribution in [1.29, 1.82) is 0 Å². The Kier molecular flexibility index (Phi) is 3.02. The summed E-state index contributed by atoms with van der Waals surface area (Å²) in [4.78, 5) is 0. The van der Waals surface area contributed by atoms with Gasteiger partial charge >= 0.3 is 0 Å². The fourth-order valence-corrected chi connectivity index (χ4v) is 1.51. The first kappa shape index (κ1) is 12.5. The first-order valence-electron chi connectivity index (χ1n) is 4.69. The molecule has 2 aromatic carbocycles. The molecule has 0 aliphatic carbocycles. The Morgan fingerprint density at radius 1 is 0.500 bits per heavy atom. The summed E-state index contributed by atoms with van der Waals surface area (Å²) in [6.07, 6.45) is 0. The van der Waals surface area contributed by atoms with E-state index >= 15 is 0 Å². The average Bonchev–Trinajstić information content (AvgIpc) is 2.24. The molecule has 0 bridgehead atoms. The van der Waals surface area contributed by atoms with Gasteiger partial charge in [0.25, 0.3) is 0 Å². The second kappa shape index (κ2) is 4.36. The van der Waals surface area contributed by atoms with Crippen molar-refractivity contribution < 1.29 is 26.3 Å². The SMILES string of the molecule is Fc1cc(F)c(-c2cc(F)c(F)cc2F)c(F)c1. The second-order valence-corrected chi connectivity index (χ2v) is 3.49.